The SMILES string of the molecule is Cc1ccc2c(c1)N(S(C)(=O)=O)C[C@@H](C(=O)NCc1cccc(CN3CCOCC3)c1)O2. The molecule has 32 heavy (non-hydrogen) atoms. The van der Waals surface area contributed by atoms with Crippen LogP contribution in [0.4, 0.5) is 5.69 Å². The zero-order chi connectivity index (χ0) is 22.7. The zero-order valence-corrected chi connectivity index (χ0v) is 19.2. The summed E-state index contributed by atoms with van der Waals surface area (Å²) in [5.74, 6) is 0.0448. The van der Waals surface area contributed by atoms with Crippen molar-refractivity contribution in [2.75, 3.05) is 43.4 Å². The van der Waals surface area contributed by atoms with Crippen molar-refractivity contribution in [1.29, 1.82) is 0 Å². The van der Waals surface area contributed by atoms with Crippen LogP contribution in [0, 0.1) is 6.92 Å². The first-order chi connectivity index (χ1) is 15.3. The number of rotatable bonds is 6. The van der Waals surface area contributed by atoms with E-state index in [1.54, 1.807) is 12.1 Å². The number of anilines is 1. The number of hydrogen-bond acceptors (Lipinski definition) is 6. The summed E-state index contributed by atoms with van der Waals surface area (Å²) in [5, 5.41) is 2.89. The monoisotopic (exact) mass is 459 g/mol. The van der Waals surface area contributed by atoms with Crippen LogP contribution >= 0.6 is 0 Å². The van der Waals surface area contributed by atoms with Crippen molar-refractivity contribution >= 4 is 21.6 Å². The van der Waals surface area contributed by atoms with E-state index < -0.39 is 16.1 Å². The topological polar surface area (TPSA) is 88.2 Å². The fourth-order valence-electron chi connectivity index (χ4n) is 3.97. The van der Waals surface area contributed by atoms with Crippen molar-refractivity contribution in [1.82, 2.24) is 10.2 Å². The molecule has 2 aromatic carbocycles. The molecule has 9 heteroatoms. The molecule has 172 valence electrons. The second-order valence-electron chi connectivity index (χ2n) is 8.30. The number of amides is 1. The molecule has 1 N–H and O–H groups in total. The summed E-state index contributed by atoms with van der Waals surface area (Å²) in [6, 6.07) is 13.4. The van der Waals surface area contributed by atoms with Gasteiger partial charge in [0.2, 0.25) is 10.0 Å². The molecule has 0 spiro atoms. The van der Waals surface area contributed by atoms with Crippen molar-refractivity contribution < 1.29 is 22.7 Å². The van der Waals surface area contributed by atoms with Gasteiger partial charge in [-0.05, 0) is 35.7 Å². The van der Waals surface area contributed by atoms with Gasteiger partial charge in [0, 0.05) is 26.2 Å². The maximum atomic E-state index is 12.8. The molecule has 0 bridgehead atoms. The van der Waals surface area contributed by atoms with Crippen molar-refractivity contribution in [2.45, 2.75) is 26.1 Å². The molecule has 2 aromatic rings. The van der Waals surface area contributed by atoms with Crippen LogP contribution in [0.25, 0.3) is 0 Å². The number of carbonyl (C=O) groups is 1. The van der Waals surface area contributed by atoms with Gasteiger partial charge in [0.15, 0.2) is 6.10 Å². The highest BCUT2D eigenvalue weighted by Gasteiger charge is 2.35. The first-order valence-electron chi connectivity index (χ1n) is 10.7. The van der Waals surface area contributed by atoms with Gasteiger partial charge in [0.1, 0.15) is 5.75 Å². The molecule has 1 atom stereocenters. The zero-order valence-electron chi connectivity index (χ0n) is 18.4. The standard InChI is InChI=1S/C23H29N3O5S/c1-17-6-7-21-20(12-17)26(32(2,28)29)16-22(31-21)23(27)24-14-18-4-3-5-19(13-18)15-25-8-10-30-11-9-25/h3-7,12-13,22H,8-11,14-16H2,1-2H3,(H,24,27)/t22-/m0/s1. The third-order valence-electron chi connectivity index (χ3n) is 5.64. The van der Waals surface area contributed by atoms with E-state index in [2.05, 4.69) is 22.3 Å². The highest BCUT2D eigenvalue weighted by atomic mass is 32.2. The fraction of sp³-hybridized carbons (Fsp3) is 0.435. The Bertz CT molecular complexity index is 1080. The minimum atomic E-state index is -3.55. The number of hydrogen-bond donors (Lipinski definition) is 1. The molecular formula is C23H29N3O5S. The number of nitrogens with zero attached hydrogens (tertiary/aromatic N) is 2. The largest absolute Gasteiger partial charge is 0.476 e. The second-order valence-corrected chi connectivity index (χ2v) is 10.2. The van der Waals surface area contributed by atoms with Gasteiger partial charge in [-0.25, -0.2) is 8.42 Å². The Balaban J connectivity index is 1.41. The number of nitrogens with one attached hydrogen (secondary N) is 1. The van der Waals surface area contributed by atoms with E-state index in [1.165, 1.54) is 9.87 Å². The Labute approximate surface area is 189 Å². The Morgan fingerprint density at radius 3 is 2.62 bits per heavy atom. The molecule has 2 aliphatic rings. The molecule has 2 aliphatic heterocycles. The lowest BCUT2D eigenvalue weighted by atomic mass is 10.1. The molecule has 0 radical (unpaired) electrons. The van der Waals surface area contributed by atoms with Gasteiger partial charge in [0.25, 0.3) is 5.91 Å². The first kappa shape index (κ1) is 22.6. The van der Waals surface area contributed by atoms with E-state index in [9.17, 15) is 13.2 Å². The van der Waals surface area contributed by atoms with Crippen LogP contribution in [-0.2, 0) is 32.6 Å². The first-order valence-corrected chi connectivity index (χ1v) is 12.5. The van der Waals surface area contributed by atoms with Gasteiger partial charge in [-0.3, -0.25) is 14.0 Å². The van der Waals surface area contributed by atoms with E-state index in [-0.39, 0.29) is 12.5 Å². The van der Waals surface area contributed by atoms with Gasteiger partial charge < -0.3 is 14.8 Å². The van der Waals surface area contributed by atoms with Crippen LogP contribution in [0.3, 0.4) is 0 Å². The van der Waals surface area contributed by atoms with Gasteiger partial charge in [-0.2, -0.15) is 0 Å². The highest BCUT2D eigenvalue weighted by molar-refractivity contribution is 7.92. The van der Waals surface area contributed by atoms with E-state index in [0.717, 1.165) is 50.2 Å². The smallest absolute Gasteiger partial charge is 0.263 e. The highest BCUT2D eigenvalue weighted by Crippen LogP contribution is 2.35. The summed E-state index contributed by atoms with van der Waals surface area (Å²) in [6.07, 6.45) is 0.218. The summed E-state index contributed by atoms with van der Waals surface area (Å²) < 4.78 is 37.2. The number of fused-ring (bicyclic) bond motifs is 1. The second kappa shape index (κ2) is 9.48. The van der Waals surface area contributed by atoms with Crippen molar-refractivity contribution in [3.63, 3.8) is 0 Å². The molecule has 1 amide bonds. The van der Waals surface area contributed by atoms with Crippen molar-refractivity contribution in [3.8, 4) is 5.75 Å². The summed E-state index contributed by atoms with van der Waals surface area (Å²) in [7, 11) is -3.55. The quantitative estimate of drug-likeness (QED) is 0.707. The Morgan fingerprint density at radius 1 is 1.12 bits per heavy atom. The van der Waals surface area contributed by atoms with Gasteiger partial charge in [-0.15, -0.1) is 0 Å². The van der Waals surface area contributed by atoms with E-state index in [1.807, 2.05) is 25.1 Å². The molecule has 8 nitrogen and oxygen atoms in total. The predicted molar refractivity (Wildman–Crippen MR) is 122 cm³/mol. The Morgan fingerprint density at radius 2 is 1.88 bits per heavy atom. The Hall–Kier alpha value is -2.62. The minimum Gasteiger partial charge on any atom is -0.476 e. The number of morpholine rings is 1. The molecule has 1 saturated heterocycles. The molecule has 0 saturated carbocycles. The van der Waals surface area contributed by atoms with E-state index in [4.69, 9.17) is 9.47 Å². The van der Waals surface area contributed by atoms with Crippen LogP contribution in [-0.4, -0.2) is 64.4 Å². The van der Waals surface area contributed by atoms with Crippen molar-refractivity contribution in [2.24, 2.45) is 0 Å². The third-order valence-corrected chi connectivity index (χ3v) is 6.79. The van der Waals surface area contributed by atoms with Gasteiger partial charge in [-0.1, -0.05) is 30.3 Å². The number of aryl methyl sites for hydroxylation is 1. The van der Waals surface area contributed by atoms with Crippen LogP contribution < -0.4 is 14.4 Å². The van der Waals surface area contributed by atoms with E-state index >= 15 is 0 Å². The number of ether oxygens (including phenoxy) is 2. The summed E-state index contributed by atoms with van der Waals surface area (Å²) >= 11 is 0. The normalized spacial score (nSPS) is 19.2. The molecule has 4 rings (SSSR count). The average molecular weight is 460 g/mol. The van der Waals surface area contributed by atoms with Crippen LogP contribution in [0.2, 0.25) is 0 Å². The molecular weight excluding hydrogens is 430 g/mol. The summed E-state index contributed by atoms with van der Waals surface area (Å²) in [4.78, 5) is 15.2. The van der Waals surface area contributed by atoms with Crippen LogP contribution in [0.15, 0.2) is 42.5 Å². The summed E-state index contributed by atoms with van der Waals surface area (Å²) in [6.45, 7) is 6.35. The Kier molecular flexibility index (Phi) is 6.68. The molecule has 0 aliphatic carbocycles. The van der Waals surface area contributed by atoms with Crippen LogP contribution in [0.5, 0.6) is 5.75 Å². The third kappa shape index (κ3) is 5.40. The number of sulfonamides is 1. The molecule has 2 heterocycles. The lowest BCUT2D eigenvalue weighted by Gasteiger charge is -2.34. The fourth-order valence-corrected chi connectivity index (χ4v) is 4.88. The minimum absolute atomic E-state index is 0.0574. The van der Waals surface area contributed by atoms with Crippen LogP contribution in [0.1, 0.15) is 16.7 Å². The predicted octanol–water partition coefficient (Wildman–Crippen LogP) is 1.67. The van der Waals surface area contributed by atoms with E-state index in [0.29, 0.717) is 18.0 Å². The molecule has 1 fully saturated rings. The van der Waals surface area contributed by atoms with Gasteiger partial charge >= 0.3 is 0 Å². The van der Waals surface area contributed by atoms with Crippen molar-refractivity contribution in [3.05, 3.63) is 59.2 Å². The number of benzene rings is 2. The lowest BCUT2D eigenvalue weighted by Crippen LogP contribution is -2.50. The molecule has 0 aromatic heterocycles. The summed E-state index contributed by atoms with van der Waals surface area (Å²) in [5.41, 5.74) is 3.55. The van der Waals surface area contributed by atoms with Gasteiger partial charge in [0.05, 0.1) is 31.7 Å². The lowest BCUT2D eigenvalue weighted by molar-refractivity contribution is -0.127. The molecule has 0 unspecified atom stereocenters. The maximum Gasteiger partial charge on any atom is 0.263 e. The maximum absolute atomic E-state index is 12.8. The average Bonchev–Trinajstić information content (AvgIpc) is 2.77. The number of carbonyl (C=O) groups excluding carboxylic acids is 1.